The highest BCUT2D eigenvalue weighted by molar-refractivity contribution is 7.80. The molecule has 0 aliphatic carbocycles. The number of amides is 1. The Kier molecular flexibility index (Phi) is 8.93. The van der Waals surface area contributed by atoms with Gasteiger partial charge in [-0.2, -0.15) is 0 Å². The molecule has 30 heavy (non-hydrogen) atoms. The zero-order valence-electron chi connectivity index (χ0n) is 18.0. The minimum atomic E-state index is -0.217. The van der Waals surface area contributed by atoms with Crippen molar-refractivity contribution in [3.8, 4) is 5.75 Å². The van der Waals surface area contributed by atoms with Gasteiger partial charge in [-0.05, 0) is 74.2 Å². The van der Waals surface area contributed by atoms with Gasteiger partial charge in [0, 0.05) is 22.6 Å². The largest absolute Gasteiger partial charge is 0.489 e. The normalized spacial score (nSPS) is 11.9. The zero-order valence-corrected chi connectivity index (χ0v) is 18.9. The fourth-order valence-electron chi connectivity index (χ4n) is 2.94. The first-order chi connectivity index (χ1) is 14.3. The van der Waals surface area contributed by atoms with Gasteiger partial charge >= 0.3 is 0 Å². The number of benzene rings is 2. The van der Waals surface area contributed by atoms with Crippen molar-refractivity contribution in [1.82, 2.24) is 5.32 Å². The van der Waals surface area contributed by atoms with E-state index in [0.717, 1.165) is 21.6 Å². The minimum Gasteiger partial charge on any atom is -0.489 e. The van der Waals surface area contributed by atoms with Crippen molar-refractivity contribution in [1.29, 1.82) is 0 Å². The molecule has 2 rings (SSSR count). The van der Waals surface area contributed by atoms with E-state index >= 15 is 0 Å². The summed E-state index contributed by atoms with van der Waals surface area (Å²) in [6, 6.07) is 13.4. The van der Waals surface area contributed by atoms with E-state index in [1.807, 2.05) is 69.3 Å². The highest BCUT2D eigenvalue weighted by atomic mass is 32.1. The predicted molar refractivity (Wildman–Crippen MR) is 125 cm³/mol. The van der Waals surface area contributed by atoms with Crippen molar-refractivity contribution < 1.29 is 14.3 Å². The molecule has 0 aromatic heterocycles. The van der Waals surface area contributed by atoms with Crippen LogP contribution >= 0.6 is 12.6 Å². The summed E-state index contributed by atoms with van der Waals surface area (Å²) in [5.41, 5.74) is 3.68. The van der Waals surface area contributed by atoms with E-state index in [4.69, 9.17) is 4.74 Å². The first kappa shape index (κ1) is 23.5. The van der Waals surface area contributed by atoms with Gasteiger partial charge in [0.2, 0.25) is 0 Å². The van der Waals surface area contributed by atoms with Gasteiger partial charge < -0.3 is 10.1 Å². The van der Waals surface area contributed by atoms with E-state index in [0.29, 0.717) is 36.5 Å². The van der Waals surface area contributed by atoms with E-state index in [9.17, 15) is 9.59 Å². The molecule has 0 radical (unpaired) electrons. The molecule has 2 aromatic rings. The van der Waals surface area contributed by atoms with Gasteiger partial charge in [-0.25, -0.2) is 0 Å². The van der Waals surface area contributed by atoms with Gasteiger partial charge in [-0.3, -0.25) is 9.59 Å². The Bertz CT molecular complexity index is 959. The van der Waals surface area contributed by atoms with E-state index in [-0.39, 0.29) is 11.7 Å². The van der Waals surface area contributed by atoms with Crippen LogP contribution in [0.5, 0.6) is 5.75 Å². The molecule has 0 saturated heterocycles. The Morgan fingerprint density at radius 2 is 1.80 bits per heavy atom. The number of rotatable bonds is 9. The number of allylic oxidation sites excluding steroid dienone is 3. The van der Waals surface area contributed by atoms with Crippen molar-refractivity contribution in [3.05, 3.63) is 76.9 Å². The van der Waals surface area contributed by atoms with Gasteiger partial charge in [0.15, 0.2) is 5.78 Å². The molecule has 0 heterocycles. The predicted octanol–water partition coefficient (Wildman–Crippen LogP) is 5.31. The Labute approximate surface area is 184 Å². The minimum absolute atomic E-state index is 0.0728. The smallest absolute Gasteiger partial charge is 0.251 e. The number of ketones is 1. The molecule has 0 atom stereocenters. The molecule has 0 saturated carbocycles. The third kappa shape index (κ3) is 6.63. The molecule has 5 heteroatoms. The number of hydrogen-bond donors (Lipinski definition) is 2. The summed E-state index contributed by atoms with van der Waals surface area (Å²) in [6.07, 6.45) is 4.22. The molecule has 0 spiro atoms. The van der Waals surface area contributed by atoms with Gasteiger partial charge in [0.1, 0.15) is 12.4 Å². The van der Waals surface area contributed by atoms with E-state index < -0.39 is 0 Å². The maximum Gasteiger partial charge on any atom is 0.251 e. The average molecular weight is 424 g/mol. The molecule has 0 aliphatic rings. The summed E-state index contributed by atoms with van der Waals surface area (Å²) < 4.78 is 5.95. The van der Waals surface area contributed by atoms with Crippen LogP contribution in [0.1, 0.15) is 43.9 Å². The summed E-state index contributed by atoms with van der Waals surface area (Å²) in [7, 11) is 0. The molecular weight excluding hydrogens is 394 g/mol. The number of ether oxygens (including phenoxy) is 1. The summed E-state index contributed by atoms with van der Waals surface area (Å²) in [5.74, 6) is 0.367. The Hall–Kier alpha value is -2.79. The van der Waals surface area contributed by atoms with Gasteiger partial charge in [-0.15, -0.1) is 12.6 Å². The highest BCUT2D eigenvalue weighted by Gasteiger charge is 2.16. The number of likely N-dealkylation sites (N-methyl/N-ethyl adjacent to an activating group) is 1. The number of carbonyl (C=O) groups is 2. The number of thiol groups is 1. The monoisotopic (exact) mass is 423 g/mol. The second-order valence-corrected chi connectivity index (χ2v) is 7.49. The number of aryl methyl sites for hydroxylation is 1. The summed E-state index contributed by atoms with van der Waals surface area (Å²) in [6.45, 7) is 8.18. The first-order valence-corrected chi connectivity index (χ1v) is 10.5. The van der Waals surface area contributed by atoms with Crippen LogP contribution in [0.25, 0.3) is 5.57 Å². The average Bonchev–Trinajstić information content (AvgIpc) is 2.72. The lowest BCUT2D eigenvalue weighted by Crippen LogP contribution is -2.24. The second-order valence-electron chi connectivity index (χ2n) is 6.97. The fourth-order valence-corrected chi connectivity index (χ4v) is 3.09. The Morgan fingerprint density at radius 1 is 1.10 bits per heavy atom. The fraction of sp³-hybridized carbons (Fsp3) is 0.280. The van der Waals surface area contributed by atoms with Crippen LogP contribution in [0.15, 0.2) is 65.1 Å². The van der Waals surface area contributed by atoms with E-state index in [2.05, 4.69) is 17.9 Å². The van der Waals surface area contributed by atoms with Gasteiger partial charge in [0.05, 0.1) is 0 Å². The number of carbonyl (C=O) groups excluding carboxylic acids is 2. The molecule has 4 nitrogen and oxygen atoms in total. The van der Waals surface area contributed by atoms with E-state index in [1.54, 1.807) is 6.08 Å². The lowest BCUT2D eigenvalue weighted by molar-refractivity contribution is -0.115. The number of Topliss-reactive ketones (excluding diaryl/α,β-unsaturated/α-hetero) is 1. The van der Waals surface area contributed by atoms with Gasteiger partial charge in [-0.1, -0.05) is 31.2 Å². The van der Waals surface area contributed by atoms with E-state index in [1.165, 1.54) is 6.92 Å². The summed E-state index contributed by atoms with van der Waals surface area (Å²) >= 11 is 4.30. The first-order valence-electron chi connectivity index (χ1n) is 10.1. The number of nitrogens with one attached hydrogen (secondary N) is 1. The van der Waals surface area contributed by atoms with Crippen LogP contribution in [-0.2, 0) is 16.2 Å². The van der Waals surface area contributed by atoms with Crippen LogP contribution in [0, 0.1) is 6.92 Å². The molecular formula is C25H29NO3S. The highest BCUT2D eigenvalue weighted by Crippen LogP contribution is 2.27. The van der Waals surface area contributed by atoms with Crippen LogP contribution in [0.2, 0.25) is 0 Å². The Balaban J connectivity index is 2.40. The molecule has 0 fully saturated rings. The zero-order chi connectivity index (χ0) is 22.1. The summed E-state index contributed by atoms with van der Waals surface area (Å²) in [4.78, 5) is 25.8. The van der Waals surface area contributed by atoms with Crippen molar-refractivity contribution >= 4 is 29.9 Å². The number of hydrogen-bond acceptors (Lipinski definition) is 4. The molecule has 1 N–H and O–H groups in total. The standard InChI is InChI=1S/C25H29NO3S/c1-5-7-20(18(4)27)14-24(25(28)26-6-2)23-15-21(11-8-17(23)3)29-16-19-9-12-22(30)13-10-19/h7-15,30H,5-6,16H2,1-4H3,(H,26,28)/b20-7-,24-14+. The topological polar surface area (TPSA) is 55.4 Å². The van der Waals surface area contributed by atoms with Crippen LogP contribution in [-0.4, -0.2) is 18.2 Å². The molecule has 158 valence electrons. The summed E-state index contributed by atoms with van der Waals surface area (Å²) in [5, 5.41) is 2.85. The molecule has 0 unspecified atom stereocenters. The van der Waals surface area contributed by atoms with Crippen molar-refractivity contribution in [2.45, 2.75) is 45.6 Å². The maximum absolute atomic E-state index is 12.8. The molecule has 1 amide bonds. The third-order valence-corrected chi connectivity index (χ3v) is 4.85. The van der Waals surface area contributed by atoms with Crippen LogP contribution < -0.4 is 10.1 Å². The second kappa shape index (κ2) is 11.4. The van der Waals surface area contributed by atoms with Crippen molar-refractivity contribution in [3.63, 3.8) is 0 Å². The lowest BCUT2D eigenvalue weighted by Gasteiger charge is -2.14. The van der Waals surface area contributed by atoms with Crippen LogP contribution in [0.3, 0.4) is 0 Å². The van der Waals surface area contributed by atoms with Crippen molar-refractivity contribution in [2.24, 2.45) is 0 Å². The Morgan fingerprint density at radius 3 is 2.40 bits per heavy atom. The van der Waals surface area contributed by atoms with Crippen molar-refractivity contribution in [2.75, 3.05) is 6.54 Å². The lowest BCUT2D eigenvalue weighted by atomic mass is 9.96. The molecule has 0 aliphatic heterocycles. The quantitative estimate of drug-likeness (QED) is 0.327. The van der Waals surface area contributed by atoms with Crippen LogP contribution in [0.4, 0.5) is 0 Å². The molecule has 2 aromatic carbocycles. The SMILES string of the molecule is CC/C=C(/C=C(/C(=O)NCC)c1cc(OCc2ccc(S)cc2)ccc1C)C(C)=O. The third-order valence-electron chi connectivity index (χ3n) is 4.55. The maximum atomic E-state index is 12.8. The molecule has 0 bridgehead atoms. The van der Waals surface area contributed by atoms with Gasteiger partial charge in [0.25, 0.3) is 5.91 Å².